The van der Waals surface area contributed by atoms with Gasteiger partial charge < -0.3 is 10.6 Å². The summed E-state index contributed by atoms with van der Waals surface area (Å²) in [6, 6.07) is 11.7. The molecule has 0 aliphatic rings. The van der Waals surface area contributed by atoms with E-state index in [9.17, 15) is 4.79 Å². The van der Waals surface area contributed by atoms with E-state index >= 15 is 0 Å². The van der Waals surface area contributed by atoms with E-state index in [0.717, 1.165) is 0 Å². The van der Waals surface area contributed by atoms with E-state index in [0.29, 0.717) is 24.6 Å². The molecule has 1 aromatic heterocycles. The van der Waals surface area contributed by atoms with Crippen LogP contribution in [0.25, 0.3) is 0 Å². The first-order valence-corrected chi connectivity index (χ1v) is 6.60. The van der Waals surface area contributed by atoms with Gasteiger partial charge in [0.05, 0.1) is 0 Å². The molecular weight excluding hydrogens is 252 g/mol. The predicted octanol–water partition coefficient (Wildman–Crippen LogP) is 2.15. The molecule has 0 radical (unpaired) electrons. The van der Waals surface area contributed by atoms with Gasteiger partial charge in [0.2, 0.25) is 0 Å². The van der Waals surface area contributed by atoms with Crippen molar-refractivity contribution in [3.05, 3.63) is 53.2 Å². The number of hydrogen-bond acceptors (Lipinski definition) is 4. The van der Waals surface area contributed by atoms with Crippen LogP contribution < -0.4 is 10.6 Å². The minimum Gasteiger partial charge on any atom is -0.365 e. The van der Waals surface area contributed by atoms with Crippen LogP contribution in [-0.2, 0) is 6.54 Å². The Kier molecular flexibility index (Phi) is 4.65. The number of carbonyl (C=O) groups excluding carboxylic acids is 1. The molecule has 1 aromatic carbocycles. The molecule has 1 heterocycles. The summed E-state index contributed by atoms with van der Waals surface area (Å²) >= 11 is 0. The molecule has 0 saturated carbocycles. The zero-order chi connectivity index (χ0) is 14.4. The summed E-state index contributed by atoms with van der Waals surface area (Å²) in [7, 11) is 0. The van der Waals surface area contributed by atoms with E-state index in [1.54, 1.807) is 12.1 Å². The predicted molar refractivity (Wildman–Crippen MR) is 78.5 cm³/mol. The minimum absolute atomic E-state index is 0.203. The highest BCUT2D eigenvalue weighted by Crippen LogP contribution is 2.08. The van der Waals surface area contributed by atoms with Gasteiger partial charge >= 0.3 is 0 Å². The highest BCUT2D eigenvalue weighted by molar-refractivity contribution is 5.92. The van der Waals surface area contributed by atoms with Gasteiger partial charge in [-0.2, -0.15) is 0 Å². The van der Waals surface area contributed by atoms with Crippen molar-refractivity contribution in [1.29, 1.82) is 0 Å². The molecule has 2 rings (SSSR count). The number of aromatic nitrogens is 2. The van der Waals surface area contributed by atoms with Crippen molar-refractivity contribution in [1.82, 2.24) is 15.5 Å². The lowest BCUT2D eigenvalue weighted by Gasteiger charge is -2.06. The van der Waals surface area contributed by atoms with Crippen LogP contribution in [0.4, 0.5) is 5.82 Å². The molecule has 2 N–H and O–H groups in total. The van der Waals surface area contributed by atoms with Crippen molar-refractivity contribution >= 4 is 11.7 Å². The first kappa shape index (κ1) is 14.0. The maximum Gasteiger partial charge on any atom is 0.271 e. The maximum absolute atomic E-state index is 11.5. The Morgan fingerprint density at radius 1 is 1.20 bits per heavy atom. The summed E-state index contributed by atoms with van der Waals surface area (Å²) in [6.45, 7) is 5.18. The normalized spacial score (nSPS) is 10.1. The smallest absolute Gasteiger partial charge is 0.271 e. The summed E-state index contributed by atoms with van der Waals surface area (Å²) in [4.78, 5) is 11.5. The Labute approximate surface area is 118 Å². The number of amides is 1. The van der Waals surface area contributed by atoms with E-state index in [4.69, 9.17) is 0 Å². The van der Waals surface area contributed by atoms with Crippen LogP contribution in [0, 0.1) is 6.92 Å². The largest absolute Gasteiger partial charge is 0.365 e. The molecule has 0 fully saturated rings. The van der Waals surface area contributed by atoms with Crippen LogP contribution >= 0.6 is 0 Å². The average Bonchev–Trinajstić information content (AvgIpc) is 2.46. The second kappa shape index (κ2) is 6.65. The second-order valence-corrected chi connectivity index (χ2v) is 4.51. The standard InChI is InChI=1S/C15H18N4O/c1-3-16-15(20)13-7-8-14(19-18-13)17-10-12-6-4-5-11(2)9-12/h4-9H,3,10H2,1-2H3,(H,16,20)(H,17,19). The molecule has 0 bridgehead atoms. The van der Waals surface area contributed by atoms with E-state index < -0.39 is 0 Å². The average molecular weight is 270 g/mol. The SMILES string of the molecule is CCNC(=O)c1ccc(NCc2cccc(C)c2)nn1. The molecule has 0 aliphatic heterocycles. The molecular formula is C15H18N4O. The highest BCUT2D eigenvalue weighted by atomic mass is 16.1. The lowest BCUT2D eigenvalue weighted by Crippen LogP contribution is -2.24. The first-order chi connectivity index (χ1) is 9.69. The Hall–Kier alpha value is -2.43. The zero-order valence-electron chi connectivity index (χ0n) is 11.7. The molecule has 5 heteroatoms. The Bertz CT molecular complexity index is 581. The van der Waals surface area contributed by atoms with Gasteiger partial charge in [0.25, 0.3) is 5.91 Å². The monoisotopic (exact) mass is 270 g/mol. The lowest BCUT2D eigenvalue weighted by molar-refractivity contribution is 0.0950. The molecule has 1 amide bonds. The highest BCUT2D eigenvalue weighted by Gasteiger charge is 2.06. The van der Waals surface area contributed by atoms with Crippen molar-refractivity contribution in [3.63, 3.8) is 0 Å². The molecule has 5 nitrogen and oxygen atoms in total. The second-order valence-electron chi connectivity index (χ2n) is 4.51. The maximum atomic E-state index is 11.5. The third-order valence-corrected chi connectivity index (χ3v) is 2.79. The molecule has 20 heavy (non-hydrogen) atoms. The Morgan fingerprint density at radius 3 is 2.70 bits per heavy atom. The molecule has 0 unspecified atom stereocenters. The van der Waals surface area contributed by atoms with Gasteiger partial charge in [-0.25, -0.2) is 0 Å². The van der Waals surface area contributed by atoms with Crippen molar-refractivity contribution in [2.75, 3.05) is 11.9 Å². The van der Waals surface area contributed by atoms with Crippen molar-refractivity contribution in [2.24, 2.45) is 0 Å². The number of nitrogens with one attached hydrogen (secondary N) is 2. The van der Waals surface area contributed by atoms with Crippen molar-refractivity contribution < 1.29 is 4.79 Å². The summed E-state index contributed by atoms with van der Waals surface area (Å²) in [5.74, 6) is 0.449. The molecule has 0 aliphatic carbocycles. The molecule has 0 atom stereocenters. The van der Waals surface area contributed by atoms with E-state index in [1.807, 2.05) is 13.0 Å². The van der Waals surface area contributed by atoms with Crippen molar-refractivity contribution in [3.8, 4) is 0 Å². The van der Waals surface area contributed by atoms with Crippen LogP contribution in [0.1, 0.15) is 28.5 Å². The van der Waals surface area contributed by atoms with E-state index in [-0.39, 0.29) is 5.91 Å². The van der Waals surface area contributed by atoms with Crippen LogP contribution in [0.2, 0.25) is 0 Å². The molecule has 0 spiro atoms. The van der Waals surface area contributed by atoms with Crippen LogP contribution in [0.5, 0.6) is 0 Å². The van der Waals surface area contributed by atoms with Gasteiger partial charge in [0, 0.05) is 13.1 Å². The van der Waals surface area contributed by atoms with Gasteiger partial charge in [-0.15, -0.1) is 10.2 Å². The summed E-state index contributed by atoms with van der Waals surface area (Å²) in [5, 5.41) is 13.8. The number of anilines is 1. The van der Waals surface area contributed by atoms with Crippen LogP contribution in [-0.4, -0.2) is 22.6 Å². The minimum atomic E-state index is -0.203. The molecule has 2 aromatic rings. The van der Waals surface area contributed by atoms with E-state index in [2.05, 4.69) is 46.0 Å². The Morgan fingerprint density at radius 2 is 2.05 bits per heavy atom. The van der Waals surface area contributed by atoms with Crippen LogP contribution in [0.3, 0.4) is 0 Å². The Balaban J connectivity index is 1.95. The number of carbonyl (C=O) groups is 1. The quantitative estimate of drug-likeness (QED) is 0.873. The van der Waals surface area contributed by atoms with Crippen LogP contribution in [0.15, 0.2) is 36.4 Å². The van der Waals surface area contributed by atoms with E-state index in [1.165, 1.54) is 11.1 Å². The lowest BCUT2D eigenvalue weighted by atomic mass is 10.1. The number of aryl methyl sites for hydroxylation is 1. The first-order valence-electron chi connectivity index (χ1n) is 6.60. The third-order valence-electron chi connectivity index (χ3n) is 2.79. The molecule has 0 saturated heterocycles. The molecule has 104 valence electrons. The summed E-state index contributed by atoms with van der Waals surface area (Å²) < 4.78 is 0. The number of rotatable bonds is 5. The third kappa shape index (κ3) is 3.78. The fourth-order valence-corrected chi connectivity index (χ4v) is 1.81. The van der Waals surface area contributed by atoms with Crippen molar-refractivity contribution in [2.45, 2.75) is 20.4 Å². The van der Waals surface area contributed by atoms with Gasteiger partial charge in [0.15, 0.2) is 5.69 Å². The summed E-state index contributed by atoms with van der Waals surface area (Å²) in [6.07, 6.45) is 0. The van der Waals surface area contributed by atoms with Gasteiger partial charge in [0.1, 0.15) is 5.82 Å². The number of benzene rings is 1. The fourth-order valence-electron chi connectivity index (χ4n) is 1.81. The number of nitrogens with zero attached hydrogens (tertiary/aromatic N) is 2. The van der Waals surface area contributed by atoms with Gasteiger partial charge in [-0.3, -0.25) is 4.79 Å². The topological polar surface area (TPSA) is 66.9 Å². The summed E-state index contributed by atoms with van der Waals surface area (Å²) in [5.41, 5.74) is 2.73. The zero-order valence-corrected chi connectivity index (χ0v) is 11.7. The fraction of sp³-hybridized carbons (Fsp3) is 0.267. The van der Waals surface area contributed by atoms with Gasteiger partial charge in [-0.05, 0) is 31.5 Å². The number of hydrogen-bond donors (Lipinski definition) is 2. The van der Waals surface area contributed by atoms with Gasteiger partial charge in [-0.1, -0.05) is 29.8 Å².